The molecule has 25 heavy (non-hydrogen) atoms. The summed E-state index contributed by atoms with van der Waals surface area (Å²) in [6, 6.07) is 7.59. The van der Waals surface area contributed by atoms with Gasteiger partial charge in [-0.3, -0.25) is 9.59 Å². The van der Waals surface area contributed by atoms with Crippen LogP contribution in [0.15, 0.2) is 24.3 Å². The number of anilines is 2. The zero-order valence-electron chi connectivity index (χ0n) is 15.5. The lowest BCUT2D eigenvalue weighted by Crippen LogP contribution is -2.39. The van der Waals surface area contributed by atoms with Gasteiger partial charge in [0.2, 0.25) is 11.8 Å². The van der Waals surface area contributed by atoms with Crippen molar-refractivity contribution >= 4 is 23.2 Å². The molecule has 1 fully saturated rings. The summed E-state index contributed by atoms with van der Waals surface area (Å²) < 4.78 is 0. The number of amides is 2. The first-order chi connectivity index (χ1) is 12.1. The summed E-state index contributed by atoms with van der Waals surface area (Å²) in [7, 11) is 0. The van der Waals surface area contributed by atoms with Crippen LogP contribution in [0.5, 0.6) is 0 Å². The summed E-state index contributed by atoms with van der Waals surface area (Å²) in [5, 5.41) is 5.82. The van der Waals surface area contributed by atoms with Crippen molar-refractivity contribution < 1.29 is 9.59 Å². The van der Waals surface area contributed by atoms with Crippen LogP contribution in [0.4, 0.5) is 11.4 Å². The third-order valence-corrected chi connectivity index (χ3v) is 4.70. The van der Waals surface area contributed by atoms with Gasteiger partial charge in [-0.25, -0.2) is 0 Å². The number of carbonyl (C=O) groups excluding carboxylic acids is 2. The van der Waals surface area contributed by atoms with Crippen molar-refractivity contribution in [2.45, 2.75) is 64.8 Å². The Morgan fingerprint density at radius 3 is 2.12 bits per heavy atom. The van der Waals surface area contributed by atoms with Gasteiger partial charge in [0.05, 0.1) is 0 Å². The van der Waals surface area contributed by atoms with Crippen LogP contribution in [-0.2, 0) is 9.59 Å². The van der Waals surface area contributed by atoms with E-state index < -0.39 is 0 Å². The largest absolute Gasteiger partial charge is 0.326 e. The normalized spacial score (nSPS) is 16.2. The van der Waals surface area contributed by atoms with Crippen molar-refractivity contribution in [3.63, 3.8) is 0 Å². The second-order valence-corrected chi connectivity index (χ2v) is 6.93. The van der Waals surface area contributed by atoms with Crippen LogP contribution in [0.1, 0.15) is 58.8 Å². The molecule has 5 nitrogen and oxygen atoms in total. The maximum absolute atomic E-state index is 12.2. The molecular weight excluding hydrogens is 314 g/mol. The Morgan fingerprint density at radius 2 is 1.56 bits per heavy atom. The molecule has 138 valence electrons. The number of hydrogen-bond donors (Lipinski definition) is 2. The number of likely N-dealkylation sites (tertiary alicyclic amines) is 1. The zero-order chi connectivity index (χ0) is 18.1. The SMILES string of the molecule is CCCCC(=O)Nc1ccc(NC(=O)CC(C)N2CCCCC2)cc1. The molecule has 1 heterocycles. The predicted octanol–water partition coefficient (Wildman–Crippen LogP) is 4.02. The van der Waals surface area contributed by atoms with E-state index >= 15 is 0 Å². The van der Waals surface area contributed by atoms with Crippen LogP contribution in [-0.4, -0.2) is 35.8 Å². The number of unbranched alkanes of at least 4 members (excludes halogenated alkanes) is 1. The minimum Gasteiger partial charge on any atom is -0.326 e. The monoisotopic (exact) mass is 345 g/mol. The number of rotatable bonds is 8. The van der Waals surface area contributed by atoms with E-state index in [0.29, 0.717) is 12.8 Å². The Bertz CT molecular complexity index is 551. The van der Waals surface area contributed by atoms with E-state index in [-0.39, 0.29) is 17.9 Å². The highest BCUT2D eigenvalue weighted by molar-refractivity contribution is 5.93. The van der Waals surface area contributed by atoms with Crippen molar-refractivity contribution in [2.75, 3.05) is 23.7 Å². The molecule has 1 aliphatic rings. The van der Waals surface area contributed by atoms with Crippen LogP contribution in [0.25, 0.3) is 0 Å². The maximum Gasteiger partial charge on any atom is 0.225 e. The van der Waals surface area contributed by atoms with E-state index in [2.05, 4.69) is 29.4 Å². The van der Waals surface area contributed by atoms with Crippen molar-refractivity contribution in [1.29, 1.82) is 0 Å². The fraction of sp³-hybridized carbons (Fsp3) is 0.600. The number of nitrogens with one attached hydrogen (secondary N) is 2. The van der Waals surface area contributed by atoms with E-state index in [0.717, 1.165) is 37.3 Å². The van der Waals surface area contributed by atoms with Crippen LogP contribution in [0.2, 0.25) is 0 Å². The molecule has 0 radical (unpaired) electrons. The van der Waals surface area contributed by atoms with Gasteiger partial charge in [-0.2, -0.15) is 0 Å². The molecule has 5 heteroatoms. The Hall–Kier alpha value is -1.88. The third kappa shape index (κ3) is 6.86. The third-order valence-electron chi connectivity index (χ3n) is 4.70. The molecule has 0 saturated carbocycles. The van der Waals surface area contributed by atoms with Gasteiger partial charge in [0.1, 0.15) is 0 Å². The van der Waals surface area contributed by atoms with Gasteiger partial charge in [-0.05, 0) is 63.5 Å². The first-order valence-corrected chi connectivity index (χ1v) is 9.52. The number of nitrogens with zero attached hydrogens (tertiary/aromatic N) is 1. The number of piperidine rings is 1. The molecule has 1 aromatic carbocycles. The second kappa shape index (κ2) is 10.2. The number of hydrogen-bond acceptors (Lipinski definition) is 3. The van der Waals surface area contributed by atoms with Crippen molar-refractivity contribution in [3.8, 4) is 0 Å². The molecule has 2 N–H and O–H groups in total. The van der Waals surface area contributed by atoms with E-state index in [4.69, 9.17) is 0 Å². The van der Waals surface area contributed by atoms with Crippen LogP contribution in [0.3, 0.4) is 0 Å². The van der Waals surface area contributed by atoms with Crippen LogP contribution in [0, 0.1) is 0 Å². The average Bonchev–Trinajstić information content (AvgIpc) is 2.62. The molecule has 1 aliphatic heterocycles. The lowest BCUT2D eigenvalue weighted by atomic mass is 10.1. The highest BCUT2D eigenvalue weighted by atomic mass is 16.2. The molecule has 0 spiro atoms. The molecule has 2 amide bonds. The van der Waals surface area contributed by atoms with Crippen LogP contribution >= 0.6 is 0 Å². The van der Waals surface area contributed by atoms with E-state index in [1.807, 2.05) is 24.3 Å². The van der Waals surface area contributed by atoms with Gasteiger partial charge in [-0.1, -0.05) is 19.8 Å². The van der Waals surface area contributed by atoms with Gasteiger partial charge in [0.15, 0.2) is 0 Å². The Labute approximate surface area is 151 Å². The van der Waals surface area contributed by atoms with Crippen molar-refractivity contribution in [1.82, 2.24) is 4.90 Å². The lowest BCUT2D eigenvalue weighted by molar-refractivity contribution is -0.117. The molecule has 1 aromatic rings. The molecule has 0 aliphatic carbocycles. The zero-order valence-corrected chi connectivity index (χ0v) is 15.5. The molecular formula is C20H31N3O2. The Balaban J connectivity index is 1.77. The van der Waals surface area contributed by atoms with Gasteiger partial charge in [0, 0.05) is 30.3 Å². The summed E-state index contributed by atoms with van der Waals surface area (Å²) in [5.41, 5.74) is 1.53. The first-order valence-electron chi connectivity index (χ1n) is 9.52. The second-order valence-electron chi connectivity index (χ2n) is 6.93. The van der Waals surface area contributed by atoms with E-state index in [1.165, 1.54) is 19.3 Å². The number of carbonyl (C=O) groups is 2. The van der Waals surface area contributed by atoms with E-state index in [9.17, 15) is 9.59 Å². The lowest BCUT2D eigenvalue weighted by Gasteiger charge is -2.31. The van der Waals surface area contributed by atoms with Gasteiger partial charge >= 0.3 is 0 Å². The van der Waals surface area contributed by atoms with Crippen molar-refractivity contribution in [3.05, 3.63) is 24.3 Å². The highest BCUT2D eigenvalue weighted by Gasteiger charge is 2.19. The molecule has 0 aromatic heterocycles. The summed E-state index contributed by atoms with van der Waals surface area (Å²) in [5.74, 6) is 0.0757. The summed E-state index contributed by atoms with van der Waals surface area (Å²) in [6.07, 6.45) is 6.73. The Kier molecular flexibility index (Phi) is 7.92. The van der Waals surface area contributed by atoms with Gasteiger partial charge < -0.3 is 15.5 Å². The molecule has 1 atom stereocenters. The Morgan fingerprint density at radius 1 is 1.00 bits per heavy atom. The van der Waals surface area contributed by atoms with Gasteiger partial charge in [-0.15, -0.1) is 0 Å². The predicted molar refractivity (Wildman–Crippen MR) is 103 cm³/mol. The minimum atomic E-state index is 0.0361. The fourth-order valence-electron chi connectivity index (χ4n) is 3.17. The standard InChI is InChI=1S/C20H31N3O2/c1-3-4-8-19(24)21-17-9-11-18(12-10-17)22-20(25)15-16(2)23-13-6-5-7-14-23/h9-12,16H,3-8,13-15H2,1-2H3,(H,21,24)(H,22,25). The maximum atomic E-state index is 12.2. The fourth-order valence-corrected chi connectivity index (χ4v) is 3.17. The summed E-state index contributed by atoms with van der Waals surface area (Å²) in [4.78, 5) is 26.4. The van der Waals surface area contributed by atoms with E-state index in [1.54, 1.807) is 0 Å². The summed E-state index contributed by atoms with van der Waals surface area (Å²) in [6.45, 7) is 6.39. The quantitative estimate of drug-likeness (QED) is 0.748. The smallest absolute Gasteiger partial charge is 0.225 e. The first kappa shape index (κ1) is 19.4. The molecule has 1 unspecified atom stereocenters. The van der Waals surface area contributed by atoms with Gasteiger partial charge in [0.25, 0.3) is 0 Å². The van der Waals surface area contributed by atoms with Crippen LogP contribution < -0.4 is 10.6 Å². The topological polar surface area (TPSA) is 61.4 Å². The molecule has 2 rings (SSSR count). The average molecular weight is 345 g/mol. The minimum absolute atomic E-state index is 0.0361. The number of benzene rings is 1. The molecule has 0 bridgehead atoms. The highest BCUT2D eigenvalue weighted by Crippen LogP contribution is 2.17. The van der Waals surface area contributed by atoms with Crippen molar-refractivity contribution in [2.24, 2.45) is 0 Å². The molecule has 1 saturated heterocycles. The summed E-state index contributed by atoms with van der Waals surface area (Å²) >= 11 is 0.